The van der Waals surface area contributed by atoms with Gasteiger partial charge in [0.05, 0.1) is 11.6 Å². The molecule has 1 amide bonds. The molecular formula is C25H27ClN2O3. The van der Waals surface area contributed by atoms with Gasteiger partial charge in [0.2, 0.25) is 0 Å². The highest BCUT2D eigenvalue weighted by Gasteiger charge is 2.15. The highest BCUT2D eigenvalue weighted by molar-refractivity contribution is 6.32. The number of amides is 1. The van der Waals surface area contributed by atoms with Crippen molar-refractivity contribution >= 4 is 28.9 Å². The van der Waals surface area contributed by atoms with Crippen LogP contribution in [0.4, 0.5) is 11.4 Å². The van der Waals surface area contributed by atoms with Gasteiger partial charge in [-0.15, -0.1) is 0 Å². The fraction of sp³-hybridized carbons (Fsp3) is 0.240. The van der Waals surface area contributed by atoms with Crippen LogP contribution in [0.25, 0.3) is 0 Å². The monoisotopic (exact) mass is 438 g/mol. The van der Waals surface area contributed by atoms with E-state index >= 15 is 0 Å². The molecule has 5 nitrogen and oxygen atoms in total. The van der Waals surface area contributed by atoms with Gasteiger partial charge in [0.25, 0.3) is 5.91 Å². The second-order valence-electron chi connectivity index (χ2n) is 7.26. The fourth-order valence-electron chi connectivity index (χ4n) is 2.97. The molecule has 0 heterocycles. The number of benzene rings is 3. The number of carbonyl (C=O) groups is 1. The number of anilines is 2. The third kappa shape index (κ3) is 6.66. The van der Waals surface area contributed by atoms with Crippen molar-refractivity contribution in [2.75, 3.05) is 23.8 Å². The Morgan fingerprint density at radius 3 is 2.13 bits per heavy atom. The first-order valence-electron chi connectivity index (χ1n) is 10.2. The number of hydrogen-bond acceptors (Lipinski definition) is 4. The molecule has 0 radical (unpaired) electrons. The zero-order chi connectivity index (χ0) is 22.2. The Morgan fingerprint density at radius 2 is 1.52 bits per heavy atom. The van der Waals surface area contributed by atoms with Gasteiger partial charge in [0.1, 0.15) is 0 Å². The molecule has 6 heteroatoms. The largest absolute Gasteiger partial charge is 0.490 e. The fourth-order valence-corrected chi connectivity index (χ4v) is 3.26. The third-order valence-corrected chi connectivity index (χ3v) is 4.88. The lowest BCUT2D eigenvalue weighted by Gasteiger charge is -2.16. The number of ether oxygens (including phenoxy) is 2. The predicted octanol–water partition coefficient (Wildman–Crippen LogP) is 5.99. The van der Waals surface area contributed by atoms with Crippen LogP contribution < -0.4 is 20.1 Å². The quantitative estimate of drug-likeness (QED) is 0.431. The summed E-state index contributed by atoms with van der Waals surface area (Å²) in [6, 6.07) is 19.4. The van der Waals surface area contributed by atoms with E-state index in [1.54, 1.807) is 0 Å². The van der Waals surface area contributed by atoms with Gasteiger partial charge in [-0.25, -0.2) is 0 Å². The van der Waals surface area contributed by atoms with Crippen molar-refractivity contribution in [3.8, 4) is 11.5 Å². The second kappa shape index (κ2) is 10.7. The van der Waals surface area contributed by atoms with E-state index in [-0.39, 0.29) is 12.5 Å². The van der Waals surface area contributed by atoms with Crippen LogP contribution in [0, 0.1) is 13.8 Å². The summed E-state index contributed by atoms with van der Waals surface area (Å²) in [7, 11) is 0. The van der Waals surface area contributed by atoms with Crippen LogP contribution in [0.2, 0.25) is 5.02 Å². The molecule has 0 aromatic heterocycles. The van der Waals surface area contributed by atoms with Gasteiger partial charge in [-0.2, -0.15) is 0 Å². The summed E-state index contributed by atoms with van der Waals surface area (Å²) >= 11 is 6.47. The zero-order valence-electron chi connectivity index (χ0n) is 18.0. The molecule has 0 bridgehead atoms. The van der Waals surface area contributed by atoms with Gasteiger partial charge in [-0.05, 0) is 62.7 Å². The molecule has 3 rings (SSSR count). The van der Waals surface area contributed by atoms with Crippen LogP contribution in [-0.4, -0.2) is 19.1 Å². The van der Waals surface area contributed by atoms with Crippen molar-refractivity contribution in [3.05, 3.63) is 82.4 Å². The SMILES string of the molecule is CCOc1cc(CNc2ccc(C)cc2)cc(Cl)c1OCC(=O)Nc1ccc(C)cc1. The Bertz CT molecular complexity index is 1020. The predicted molar refractivity (Wildman–Crippen MR) is 126 cm³/mol. The minimum absolute atomic E-state index is 0.172. The third-order valence-electron chi connectivity index (χ3n) is 4.60. The first-order chi connectivity index (χ1) is 14.9. The van der Waals surface area contributed by atoms with E-state index in [4.69, 9.17) is 21.1 Å². The number of nitrogens with one attached hydrogen (secondary N) is 2. The minimum atomic E-state index is -0.271. The molecular weight excluding hydrogens is 412 g/mol. The van der Waals surface area contributed by atoms with Gasteiger partial charge in [0, 0.05) is 17.9 Å². The first kappa shape index (κ1) is 22.5. The summed E-state index contributed by atoms with van der Waals surface area (Å²) in [4.78, 5) is 12.3. The van der Waals surface area contributed by atoms with E-state index in [9.17, 15) is 4.79 Å². The van der Waals surface area contributed by atoms with Gasteiger partial charge in [-0.1, -0.05) is 47.0 Å². The Kier molecular flexibility index (Phi) is 7.79. The standard InChI is InChI=1S/C25H27ClN2O3/c1-4-30-23-14-19(15-27-20-9-5-17(2)6-10-20)13-22(26)25(23)31-16-24(29)28-21-11-7-18(3)8-12-21/h5-14,27H,4,15-16H2,1-3H3,(H,28,29). The summed E-state index contributed by atoms with van der Waals surface area (Å²) in [5.74, 6) is 0.605. The molecule has 0 unspecified atom stereocenters. The Hall–Kier alpha value is -3.18. The molecule has 0 fully saturated rings. The van der Waals surface area contributed by atoms with Crippen molar-refractivity contribution in [2.45, 2.75) is 27.3 Å². The molecule has 2 N–H and O–H groups in total. The molecule has 0 saturated carbocycles. The van der Waals surface area contributed by atoms with Crippen LogP contribution in [0.15, 0.2) is 60.7 Å². The van der Waals surface area contributed by atoms with Crippen molar-refractivity contribution in [2.24, 2.45) is 0 Å². The molecule has 162 valence electrons. The smallest absolute Gasteiger partial charge is 0.262 e. The Labute approximate surface area is 188 Å². The lowest BCUT2D eigenvalue weighted by Crippen LogP contribution is -2.20. The van der Waals surface area contributed by atoms with Gasteiger partial charge in [-0.3, -0.25) is 4.79 Å². The summed E-state index contributed by atoms with van der Waals surface area (Å²) in [6.07, 6.45) is 0. The average molecular weight is 439 g/mol. The van der Waals surface area contributed by atoms with E-state index in [0.717, 1.165) is 16.8 Å². The van der Waals surface area contributed by atoms with Gasteiger partial charge >= 0.3 is 0 Å². The highest BCUT2D eigenvalue weighted by atomic mass is 35.5. The lowest BCUT2D eigenvalue weighted by atomic mass is 10.2. The maximum Gasteiger partial charge on any atom is 0.262 e. The highest BCUT2D eigenvalue weighted by Crippen LogP contribution is 2.37. The number of halogens is 1. The maximum atomic E-state index is 12.3. The van der Waals surface area contributed by atoms with E-state index in [1.165, 1.54) is 5.56 Å². The summed E-state index contributed by atoms with van der Waals surface area (Å²) in [6.45, 7) is 6.80. The molecule has 0 aliphatic rings. The van der Waals surface area contributed by atoms with Gasteiger partial charge in [0.15, 0.2) is 18.1 Å². The van der Waals surface area contributed by atoms with Crippen LogP contribution in [0.1, 0.15) is 23.6 Å². The van der Waals surface area contributed by atoms with Crippen LogP contribution in [0.3, 0.4) is 0 Å². The number of aryl methyl sites for hydroxylation is 2. The molecule has 0 saturated heterocycles. The molecule has 0 aliphatic heterocycles. The van der Waals surface area contributed by atoms with E-state index < -0.39 is 0 Å². The number of hydrogen-bond donors (Lipinski definition) is 2. The molecule has 3 aromatic carbocycles. The molecule has 0 aliphatic carbocycles. The second-order valence-corrected chi connectivity index (χ2v) is 7.67. The van der Waals surface area contributed by atoms with Gasteiger partial charge < -0.3 is 20.1 Å². The molecule has 0 atom stereocenters. The average Bonchev–Trinajstić information content (AvgIpc) is 2.74. The Balaban J connectivity index is 1.65. The van der Waals surface area contributed by atoms with E-state index in [2.05, 4.69) is 29.7 Å². The van der Waals surface area contributed by atoms with Crippen molar-refractivity contribution in [3.63, 3.8) is 0 Å². The Morgan fingerprint density at radius 1 is 0.903 bits per heavy atom. The molecule has 3 aromatic rings. The van der Waals surface area contributed by atoms with Crippen molar-refractivity contribution in [1.82, 2.24) is 0 Å². The number of carbonyl (C=O) groups excluding carboxylic acids is 1. The van der Waals surface area contributed by atoms with E-state index in [1.807, 2.05) is 62.4 Å². The normalized spacial score (nSPS) is 10.5. The van der Waals surface area contributed by atoms with E-state index in [0.29, 0.717) is 35.4 Å². The first-order valence-corrected chi connectivity index (χ1v) is 10.6. The summed E-state index contributed by atoms with van der Waals surface area (Å²) in [5, 5.41) is 6.57. The number of rotatable bonds is 9. The van der Waals surface area contributed by atoms with Crippen LogP contribution in [0.5, 0.6) is 11.5 Å². The minimum Gasteiger partial charge on any atom is -0.490 e. The van der Waals surface area contributed by atoms with Crippen molar-refractivity contribution < 1.29 is 14.3 Å². The van der Waals surface area contributed by atoms with Crippen LogP contribution in [-0.2, 0) is 11.3 Å². The summed E-state index contributed by atoms with van der Waals surface area (Å²) < 4.78 is 11.4. The molecule has 0 spiro atoms. The summed E-state index contributed by atoms with van der Waals surface area (Å²) in [5.41, 5.74) is 5.02. The maximum absolute atomic E-state index is 12.3. The lowest BCUT2D eigenvalue weighted by molar-refractivity contribution is -0.118. The zero-order valence-corrected chi connectivity index (χ0v) is 18.8. The van der Waals surface area contributed by atoms with Crippen LogP contribution >= 0.6 is 11.6 Å². The molecule has 31 heavy (non-hydrogen) atoms. The topological polar surface area (TPSA) is 59.6 Å². The van der Waals surface area contributed by atoms with Crippen molar-refractivity contribution in [1.29, 1.82) is 0 Å².